The van der Waals surface area contributed by atoms with Crippen LogP contribution in [0.25, 0.3) is 0 Å². The topological polar surface area (TPSA) is 85.8 Å². The highest BCUT2D eigenvalue weighted by molar-refractivity contribution is 7.99. The minimum absolute atomic E-state index is 0.151. The Hall–Kier alpha value is -2.53. The Labute approximate surface area is 160 Å². The molecule has 0 aliphatic heterocycles. The molecule has 1 aromatic carbocycles. The van der Waals surface area contributed by atoms with E-state index >= 15 is 0 Å². The van der Waals surface area contributed by atoms with Gasteiger partial charge in [-0.05, 0) is 17.0 Å². The first-order valence-corrected chi connectivity index (χ1v) is 9.51. The second kappa shape index (κ2) is 8.01. The molecule has 1 amide bonds. The van der Waals surface area contributed by atoms with E-state index in [1.54, 1.807) is 0 Å². The lowest BCUT2D eigenvalue weighted by atomic mass is 10.1. The zero-order valence-corrected chi connectivity index (χ0v) is 15.3. The van der Waals surface area contributed by atoms with Crippen LogP contribution in [0.1, 0.15) is 22.3 Å². The molecule has 3 N–H and O–H groups in total. The van der Waals surface area contributed by atoms with Gasteiger partial charge in [0.1, 0.15) is 0 Å². The van der Waals surface area contributed by atoms with E-state index in [-0.39, 0.29) is 22.9 Å². The summed E-state index contributed by atoms with van der Waals surface area (Å²) in [4.78, 5) is 13.3. The molecule has 0 spiro atoms. The second-order valence-electron chi connectivity index (χ2n) is 5.39. The van der Waals surface area contributed by atoms with Gasteiger partial charge in [-0.3, -0.25) is 4.79 Å². The van der Waals surface area contributed by atoms with Crippen molar-refractivity contribution in [2.45, 2.75) is 17.4 Å². The van der Waals surface area contributed by atoms with Crippen LogP contribution in [-0.4, -0.2) is 26.5 Å². The fourth-order valence-corrected chi connectivity index (χ4v) is 3.79. The van der Waals surface area contributed by atoms with E-state index in [0.29, 0.717) is 4.68 Å². The summed E-state index contributed by atoms with van der Waals surface area (Å²) in [6, 6.07) is 12.8. The number of rotatable bonds is 6. The van der Waals surface area contributed by atoms with Gasteiger partial charge in [-0.2, -0.15) is 13.2 Å². The molecule has 6 nitrogen and oxygen atoms in total. The third kappa shape index (κ3) is 4.61. The van der Waals surface area contributed by atoms with Crippen LogP contribution in [0.4, 0.5) is 13.2 Å². The number of halogens is 3. The average Bonchev–Trinajstić information content (AvgIpc) is 3.28. The highest BCUT2D eigenvalue weighted by Gasteiger charge is 2.38. The zero-order chi connectivity index (χ0) is 19.4. The fourth-order valence-electron chi connectivity index (χ4n) is 2.32. The largest absolute Gasteiger partial charge is 0.453 e. The van der Waals surface area contributed by atoms with Gasteiger partial charge >= 0.3 is 6.18 Å². The van der Waals surface area contributed by atoms with E-state index < -0.39 is 12.0 Å². The lowest BCUT2D eigenvalue weighted by Gasteiger charge is -2.18. The molecule has 0 unspecified atom stereocenters. The Kier molecular flexibility index (Phi) is 5.71. The van der Waals surface area contributed by atoms with Crippen LogP contribution in [0.2, 0.25) is 0 Å². The van der Waals surface area contributed by atoms with E-state index in [2.05, 4.69) is 15.5 Å². The number of nitrogens with one attached hydrogen (secondary N) is 1. The van der Waals surface area contributed by atoms with E-state index in [1.807, 2.05) is 47.8 Å². The van der Waals surface area contributed by atoms with Gasteiger partial charge in [0, 0.05) is 4.88 Å². The van der Waals surface area contributed by atoms with Crippen molar-refractivity contribution in [1.29, 1.82) is 0 Å². The molecule has 3 rings (SSSR count). The monoisotopic (exact) mass is 413 g/mol. The summed E-state index contributed by atoms with van der Waals surface area (Å²) in [6.45, 7) is 0. The third-order valence-corrected chi connectivity index (χ3v) is 5.40. The number of thioether (sulfide) groups is 1. The highest BCUT2D eigenvalue weighted by atomic mass is 32.2. The Balaban J connectivity index is 1.68. The van der Waals surface area contributed by atoms with Crippen LogP contribution in [0.3, 0.4) is 0 Å². The molecular formula is C16H14F3N5OS2. The lowest BCUT2D eigenvalue weighted by Crippen LogP contribution is -2.30. The molecule has 0 saturated carbocycles. The SMILES string of the molecule is Nn1c(SCC(=O)N[C@H](c2ccccc2)c2cccs2)nnc1C(F)(F)F. The molecular weight excluding hydrogens is 399 g/mol. The van der Waals surface area contributed by atoms with E-state index in [0.717, 1.165) is 22.2 Å². The summed E-state index contributed by atoms with van der Waals surface area (Å²) >= 11 is 2.28. The van der Waals surface area contributed by atoms with E-state index in [9.17, 15) is 18.0 Å². The minimum atomic E-state index is -4.71. The van der Waals surface area contributed by atoms with Gasteiger partial charge in [-0.25, -0.2) is 4.68 Å². The van der Waals surface area contributed by atoms with Gasteiger partial charge in [0.25, 0.3) is 5.82 Å². The van der Waals surface area contributed by atoms with Crippen LogP contribution >= 0.6 is 23.1 Å². The number of carbonyl (C=O) groups is 1. The fraction of sp³-hybridized carbons (Fsp3) is 0.188. The third-order valence-electron chi connectivity index (χ3n) is 3.52. The number of nitrogens with two attached hydrogens (primary N) is 1. The minimum Gasteiger partial charge on any atom is -0.344 e. The Morgan fingerprint density at radius 3 is 2.56 bits per heavy atom. The number of alkyl halides is 3. The Bertz CT molecular complexity index is 897. The summed E-state index contributed by atoms with van der Waals surface area (Å²) < 4.78 is 38.4. The van der Waals surface area contributed by atoms with Crippen LogP contribution in [-0.2, 0) is 11.0 Å². The molecule has 0 fully saturated rings. The van der Waals surface area contributed by atoms with Gasteiger partial charge in [0.15, 0.2) is 0 Å². The van der Waals surface area contributed by atoms with Crippen molar-refractivity contribution in [3.05, 3.63) is 64.1 Å². The van der Waals surface area contributed by atoms with Gasteiger partial charge in [-0.15, -0.1) is 21.5 Å². The molecule has 3 aromatic rings. The maximum Gasteiger partial charge on any atom is 0.453 e. The van der Waals surface area contributed by atoms with Crippen LogP contribution in [0.15, 0.2) is 53.0 Å². The molecule has 2 heterocycles. The van der Waals surface area contributed by atoms with E-state index in [1.165, 1.54) is 11.3 Å². The first-order valence-electron chi connectivity index (χ1n) is 7.64. The first-order chi connectivity index (χ1) is 12.9. The summed E-state index contributed by atoms with van der Waals surface area (Å²) in [5, 5.41) is 11.0. The van der Waals surface area contributed by atoms with Gasteiger partial charge in [-0.1, -0.05) is 48.2 Å². The van der Waals surface area contributed by atoms with Gasteiger partial charge in [0.05, 0.1) is 11.8 Å². The molecule has 142 valence electrons. The summed E-state index contributed by atoms with van der Waals surface area (Å²) in [5.74, 6) is 3.54. The van der Waals surface area contributed by atoms with Gasteiger partial charge < -0.3 is 11.2 Å². The van der Waals surface area contributed by atoms with Crippen molar-refractivity contribution in [2.24, 2.45) is 0 Å². The summed E-state index contributed by atoms with van der Waals surface area (Å²) in [6.07, 6.45) is -4.71. The Morgan fingerprint density at radius 1 is 1.22 bits per heavy atom. The predicted molar refractivity (Wildman–Crippen MR) is 96.6 cm³/mol. The number of amides is 1. The normalized spacial score (nSPS) is 12.7. The highest BCUT2D eigenvalue weighted by Crippen LogP contribution is 2.29. The molecule has 27 heavy (non-hydrogen) atoms. The van der Waals surface area contributed by atoms with E-state index in [4.69, 9.17) is 5.84 Å². The second-order valence-corrected chi connectivity index (χ2v) is 7.31. The molecule has 11 heteroatoms. The Morgan fingerprint density at radius 2 is 1.96 bits per heavy atom. The predicted octanol–water partition coefficient (Wildman–Crippen LogP) is 3.07. The van der Waals surface area contributed by atoms with Crippen molar-refractivity contribution in [2.75, 3.05) is 11.6 Å². The number of nitrogen functional groups attached to an aromatic ring is 1. The smallest absolute Gasteiger partial charge is 0.344 e. The number of aromatic nitrogens is 3. The number of hydrogen-bond acceptors (Lipinski definition) is 6. The summed E-state index contributed by atoms with van der Waals surface area (Å²) in [7, 11) is 0. The average molecular weight is 413 g/mol. The molecule has 2 aromatic heterocycles. The lowest BCUT2D eigenvalue weighted by molar-refractivity contribution is -0.146. The number of nitrogens with zero attached hydrogens (tertiary/aromatic N) is 3. The molecule has 0 radical (unpaired) electrons. The number of hydrogen-bond donors (Lipinski definition) is 2. The number of benzene rings is 1. The maximum atomic E-state index is 12.7. The molecule has 0 bridgehead atoms. The molecule has 0 aliphatic carbocycles. The van der Waals surface area contributed by atoms with Crippen LogP contribution in [0, 0.1) is 0 Å². The van der Waals surface area contributed by atoms with Crippen LogP contribution in [0.5, 0.6) is 0 Å². The number of carbonyl (C=O) groups excluding carboxylic acids is 1. The standard InChI is InChI=1S/C16H14F3N5OS2/c17-16(18,19)14-22-23-15(24(14)20)27-9-12(25)21-13(11-7-4-8-26-11)10-5-2-1-3-6-10/h1-8,13H,9,20H2,(H,21,25)/t13-/m1/s1. The quantitative estimate of drug-likeness (QED) is 0.479. The van der Waals surface area contributed by atoms with Crippen molar-refractivity contribution in [1.82, 2.24) is 20.2 Å². The summed E-state index contributed by atoms with van der Waals surface area (Å²) in [5.41, 5.74) is 0.902. The van der Waals surface area contributed by atoms with Crippen molar-refractivity contribution >= 4 is 29.0 Å². The van der Waals surface area contributed by atoms with Gasteiger partial charge in [0.2, 0.25) is 11.1 Å². The molecule has 0 saturated heterocycles. The molecule has 0 aliphatic rings. The molecule has 1 atom stereocenters. The van der Waals surface area contributed by atoms with Crippen molar-refractivity contribution in [3.63, 3.8) is 0 Å². The van der Waals surface area contributed by atoms with Crippen LogP contribution < -0.4 is 11.2 Å². The first kappa shape index (κ1) is 19.2. The zero-order valence-electron chi connectivity index (χ0n) is 13.7. The number of thiophene rings is 1. The van der Waals surface area contributed by atoms with Crippen molar-refractivity contribution < 1.29 is 18.0 Å². The maximum absolute atomic E-state index is 12.7. The van der Waals surface area contributed by atoms with Crippen molar-refractivity contribution in [3.8, 4) is 0 Å².